The van der Waals surface area contributed by atoms with E-state index in [2.05, 4.69) is 37.3 Å². The van der Waals surface area contributed by atoms with Gasteiger partial charge in [0.25, 0.3) is 0 Å². The first-order valence-corrected chi connectivity index (χ1v) is 10.3. The SMILES string of the molecule is Cc1cccc(NC(=O)Nc2ccc(Nc3ncnc4c3Cc3ccccc3N4)cc2)c1. The van der Waals surface area contributed by atoms with Crippen molar-refractivity contribution >= 4 is 40.4 Å². The number of urea groups is 1. The van der Waals surface area contributed by atoms with E-state index in [1.54, 1.807) is 6.33 Å². The summed E-state index contributed by atoms with van der Waals surface area (Å²) in [5, 5.41) is 12.4. The maximum absolute atomic E-state index is 12.3. The zero-order chi connectivity index (χ0) is 21.9. The number of hydrogen-bond donors (Lipinski definition) is 4. The molecule has 1 aliphatic heterocycles. The van der Waals surface area contributed by atoms with Crippen molar-refractivity contribution in [2.24, 2.45) is 0 Å². The van der Waals surface area contributed by atoms with Crippen molar-refractivity contribution in [3.05, 3.63) is 95.8 Å². The Kier molecular flexibility index (Phi) is 5.13. The molecule has 4 aromatic rings. The Hall–Kier alpha value is -4.39. The number of amides is 2. The van der Waals surface area contributed by atoms with Crippen molar-refractivity contribution < 1.29 is 4.79 Å². The van der Waals surface area contributed by atoms with Crippen LogP contribution < -0.4 is 21.3 Å². The molecular formula is C25H22N6O. The third-order valence-electron chi connectivity index (χ3n) is 5.26. The van der Waals surface area contributed by atoms with Gasteiger partial charge in [-0.05, 0) is 60.5 Å². The lowest BCUT2D eigenvalue weighted by molar-refractivity contribution is 0.262. The number of carbonyl (C=O) groups excluding carboxylic acids is 1. The van der Waals surface area contributed by atoms with Crippen LogP contribution in [-0.2, 0) is 6.42 Å². The summed E-state index contributed by atoms with van der Waals surface area (Å²) in [7, 11) is 0. The monoisotopic (exact) mass is 422 g/mol. The van der Waals surface area contributed by atoms with Crippen LogP contribution in [0.4, 0.5) is 39.2 Å². The number of anilines is 6. The maximum Gasteiger partial charge on any atom is 0.323 e. The molecule has 7 nitrogen and oxygen atoms in total. The fourth-order valence-corrected chi connectivity index (χ4v) is 3.70. The van der Waals surface area contributed by atoms with Gasteiger partial charge in [0, 0.05) is 34.7 Å². The van der Waals surface area contributed by atoms with Crippen LogP contribution in [0, 0.1) is 6.92 Å². The highest BCUT2D eigenvalue weighted by Crippen LogP contribution is 2.35. The van der Waals surface area contributed by atoms with E-state index in [0.717, 1.165) is 46.2 Å². The summed E-state index contributed by atoms with van der Waals surface area (Å²) < 4.78 is 0. The smallest absolute Gasteiger partial charge is 0.323 e. The largest absolute Gasteiger partial charge is 0.340 e. The summed E-state index contributed by atoms with van der Waals surface area (Å²) in [5.74, 6) is 1.57. The molecule has 3 aromatic carbocycles. The molecule has 0 radical (unpaired) electrons. The van der Waals surface area contributed by atoms with E-state index < -0.39 is 0 Å². The van der Waals surface area contributed by atoms with Crippen molar-refractivity contribution in [1.29, 1.82) is 0 Å². The number of aromatic nitrogens is 2. The van der Waals surface area contributed by atoms with Crippen molar-refractivity contribution in [3.63, 3.8) is 0 Å². The Balaban J connectivity index is 1.26. The van der Waals surface area contributed by atoms with E-state index in [-0.39, 0.29) is 6.03 Å². The summed E-state index contributed by atoms with van der Waals surface area (Å²) >= 11 is 0. The minimum atomic E-state index is -0.286. The lowest BCUT2D eigenvalue weighted by Crippen LogP contribution is -2.19. The van der Waals surface area contributed by atoms with Crippen LogP contribution in [0.3, 0.4) is 0 Å². The van der Waals surface area contributed by atoms with E-state index in [1.807, 2.05) is 73.7 Å². The Bertz CT molecular complexity index is 1290. The quantitative estimate of drug-likeness (QED) is 0.293. The van der Waals surface area contributed by atoms with E-state index in [0.29, 0.717) is 5.69 Å². The Morgan fingerprint density at radius 3 is 2.50 bits per heavy atom. The summed E-state index contributed by atoms with van der Waals surface area (Å²) in [6, 6.07) is 23.1. The van der Waals surface area contributed by atoms with Crippen molar-refractivity contribution in [3.8, 4) is 0 Å². The molecule has 0 saturated heterocycles. The van der Waals surface area contributed by atoms with Gasteiger partial charge in [-0.2, -0.15) is 0 Å². The summed E-state index contributed by atoms with van der Waals surface area (Å²) in [6.45, 7) is 1.98. The number of fused-ring (bicyclic) bond motifs is 2. The van der Waals surface area contributed by atoms with Crippen LogP contribution in [0.15, 0.2) is 79.1 Å². The molecule has 1 aliphatic rings. The number of hydrogen-bond acceptors (Lipinski definition) is 5. The summed E-state index contributed by atoms with van der Waals surface area (Å²) in [4.78, 5) is 21.1. The second-order valence-corrected chi connectivity index (χ2v) is 7.66. The van der Waals surface area contributed by atoms with Crippen LogP contribution in [0.25, 0.3) is 0 Å². The average molecular weight is 422 g/mol. The van der Waals surface area contributed by atoms with Crippen molar-refractivity contribution in [2.45, 2.75) is 13.3 Å². The standard InChI is InChI=1S/C25H22N6O/c1-16-5-4-7-20(13-16)30-25(32)29-19-11-9-18(10-12-19)28-23-21-14-17-6-2-3-8-22(17)31-24(21)27-15-26-23/h2-13,15H,14H2,1H3,(H2,29,30,32)(H2,26,27,28,31). The first-order chi connectivity index (χ1) is 15.6. The van der Waals surface area contributed by atoms with Gasteiger partial charge in [0.2, 0.25) is 0 Å². The van der Waals surface area contributed by atoms with Gasteiger partial charge in [0.15, 0.2) is 0 Å². The first-order valence-electron chi connectivity index (χ1n) is 10.3. The highest BCUT2D eigenvalue weighted by atomic mass is 16.2. The molecule has 2 heterocycles. The van der Waals surface area contributed by atoms with Gasteiger partial charge in [-0.1, -0.05) is 30.3 Å². The Morgan fingerprint density at radius 1 is 0.875 bits per heavy atom. The minimum Gasteiger partial charge on any atom is -0.340 e. The number of rotatable bonds is 4. The molecule has 1 aromatic heterocycles. The second-order valence-electron chi connectivity index (χ2n) is 7.66. The number of benzene rings is 3. The number of carbonyl (C=O) groups is 1. The number of aryl methyl sites for hydroxylation is 1. The zero-order valence-electron chi connectivity index (χ0n) is 17.5. The Labute approximate surface area is 185 Å². The van der Waals surface area contributed by atoms with Gasteiger partial charge in [0.05, 0.1) is 0 Å². The molecule has 2 amide bonds. The van der Waals surface area contributed by atoms with Gasteiger partial charge >= 0.3 is 6.03 Å². The molecule has 5 rings (SSSR count). The third kappa shape index (κ3) is 4.22. The molecule has 0 unspecified atom stereocenters. The predicted molar refractivity (Wildman–Crippen MR) is 128 cm³/mol. The zero-order valence-corrected chi connectivity index (χ0v) is 17.5. The molecule has 0 saturated carbocycles. The molecule has 158 valence electrons. The molecule has 4 N–H and O–H groups in total. The topological polar surface area (TPSA) is 91.0 Å². The summed E-state index contributed by atoms with van der Waals surface area (Å²) in [6.07, 6.45) is 2.30. The lowest BCUT2D eigenvalue weighted by Gasteiger charge is -2.22. The van der Waals surface area contributed by atoms with Crippen LogP contribution in [0.5, 0.6) is 0 Å². The first kappa shape index (κ1) is 19.6. The van der Waals surface area contributed by atoms with E-state index in [4.69, 9.17) is 0 Å². The fourth-order valence-electron chi connectivity index (χ4n) is 3.70. The minimum absolute atomic E-state index is 0.286. The van der Waals surface area contributed by atoms with Gasteiger partial charge in [0.1, 0.15) is 18.0 Å². The molecule has 32 heavy (non-hydrogen) atoms. The average Bonchev–Trinajstić information content (AvgIpc) is 2.79. The molecule has 0 aliphatic carbocycles. The van der Waals surface area contributed by atoms with Crippen LogP contribution >= 0.6 is 0 Å². The van der Waals surface area contributed by atoms with Crippen molar-refractivity contribution in [2.75, 3.05) is 21.3 Å². The number of para-hydroxylation sites is 1. The van der Waals surface area contributed by atoms with Gasteiger partial charge in [-0.15, -0.1) is 0 Å². The maximum atomic E-state index is 12.3. The van der Waals surface area contributed by atoms with Crippen LogP contribution in [0.1, 0.15) is 16.7 Å². The second kappa shape index (κ2) is 8.39. The Morgan fingerprint density at radius 2 is 1.66 bits per heavy atom. The van der Waals surface area contributed by atoms with E-state index in [1.165, 1.54) is 5.56 Å². The van der Waals surface area contributed by atoms with Gasteiger partial charge < -0.3 is 21.3 Å². The molecule has 0 atom stereocenters. The van der Waals surface area contributed by atoms with Crippen LogP contribution in [0.2, 0.25) is 0 Å². The van der Waals surface area contributed by atoms with Gasteiger partial charge in [-0.25, -0.2) is 14.8 Å². The predicted octanol–water partition coefficient (Wildman–Crippen LogP) is 5.82. The molecule has 7 heteroatoms. The number of nitrogens with zero attached hydrogens (tertiary/aromatic N) is 2. The molecule has 0 spiro atoms. The summed E-state index contributed by atoms with van der Waals surface area (Å²) in [5.41, 5.74) is 6.70. The van der Waals surface area contributed by atoms with E-state index >= 15 is 0 Å². The highest BCUT2D eigenvalue weighted by Gasteiger charge is 2.19. The normalized spacial score (nSPS) is 11.5. The van der Waals surface area contributed by atoms with Gasteiger partial charge in [-0.3, -0.25) is 0 Å². The molecular weight excluding hydrogens is 400 g/mol. The lowest BCUT2D eigenvalue weighted by atomic mass is 10.00. The molecule has 0 bridgehead atoms. The van der Waals surface area contributed by atoms with E-state index in [9.17, 15) is 4.79 Å². The van der Waals surface area contributed by atoms with Crippen molar-refractivity contribution in [1.82, 2.24) is 9.97 Å². The highest BCUT2D eigenvalue weighted by molar-refractivity contribution is 5.99. The fraction of sp³-hybridized carbons (Fsp3) is 0.0800. The number of nitrogens with one attached hydrogen (secondary N) is 4. The third-order valence-corrected chi connectivity index (χ3v) is 5.26. The molecule has 0 fully saturated rings. The van der Waals surface area contributed by atoms with Crippen LogP contribution in [-0.4, -0.2) is 16.0 Å².